The minimum atomic E-state index is -0.156. The zero-order valence-corrected chi connectivity index (χ0v) is 41.0. The summed E-state index contributed by atoms with van der Waals surface area (Å²) in [6.45, 7) is 32.8. The molecule has 0 amide bonds. The van der Waals surface area contributed by atoms with Gasteiger partial charge in [0.15, 0.2) is 0 Å². The molecule has 3 N–H and O–H groups in total. The number of aryl methyl sites for hydroxylation is 13. The maximum absolute atomic E-state index is 11.6. The fraction of sp³-hybridized carbons (Fsp3) is 0.267. The van der Waals surface area contributed by atoms with Gasteiger partial charge in [-0.2, -0.15) is 0 Å². The van der Waals surface area contributed by atoms with Crippen LogP contribution in [0.4, 0.5) is 0 Å². The molecule has 0 radical (unpaired) electrons. The van der Waals surface area contributed by atoms with Crippen LogP contribution in [0.25, 0.3) is 66.6 Å². The topological polar surface area (TPSA) is 77.6 Å². The van der Waals surface area contributed by atoms with E-state index in [1.165, 1.54) is 83.5 Å². The molecule has 0 atom stereocenters. The van der Waals surface area contributed by atoms with Crippen LogP contribution in [-0.2, 0) is 6.61 Å². The fourth-order valence-electron chi connectivity index (χ4n) is 11.6. The molecule has 0 fully saturated rings. The van der Waals surface area contributed by atoms with Gasteiger partial charge in [-0.25, -0.2) is 9.97 Å². The standard InChI is InChI=1S/C60H62N4O/c1-29-16-33(5)53(34(6)17-29)57-41(13)45-24-50-58(54-35(7)18-30(2)19-36(54)8)43(15)47(62-50)26-52-60(56-39(11)22-32(4)23-40(56)12)44(28-65)48(64-52)27-51-59(42(14)46(63-51)25-49(57)61-45)55-37(9)20-31(3)21-38(55)10/h16-27,61,64-65H,28H2,1-15H3. The molecule has 0 unspecified atom stereocenters. The van der Waals surface area contributed by atoms with E-state index in [0.717, 1.165) is 95.0 Å². The van der Waals surface area contributed by atoms with E-state index >= 15 is 0 Å². The lowest BCUT2D eigenvalue weighted by atomic mass is 9.89. The van der Waals surface area contributed by atoms with Crippen molar-refractivity contribution in [2.45, 2.75) is 110 Å². The monoisotopic (exact) mass is 854 g/mol. The third-order valence-corrected chi connectivity index (χ3v) is 14.0. The Bertz CT molecular complexity index is 3360. The second-order valence-corrected chi connectivity index (χ2v) is 19.4. The molecule has 328 valence electrons. The molecule has 2 aliphatic rings. The van der Waals surface area contributed by atoms with Crippen molar-refractivity contribution < 1.29 is 5.11 Å². The van der Waals surface area contributed by atoms with E-state index in [1.807, 2.05) is 0 Å². The highest BCUT2D eigenvalue weighted by atomic mass is 16.3. The van der Waals surface area contributed by atoms with Gasteiger partial charge < -0.3 is 15.1 Å². The van der Waals surface area contributed by atoms with E-state index in [0.29, 0.717) is 0 Å². The number of fused-ring (bicyclic) bond motifs is 8. The summed E-state index contributed by atoms with van der Waals surface area (Å²) in [7, 11) is 0. The Labute approximate surface area is 385 Å². The molecule has 8 bridgehead atoms. The van der Waals surface area contributed by atoms with Crippen LogP contribution in [0.5, 0.6) is 0 Å². The summed E-state index contributed by atoms with van der Waals surface area (Å²) in [5.74, 6) is 0. The predicted molar refractivity (Wildman–Crippen MR) is 275 cm³/mol. The zero-order chi connectivity index (χ0) is 46.5. The van der Waals surface area contributed by atoms with Gasteiger partial charge in [-0.15, -0.1) is 0 Å². The van der Waals surface area contributed by atoms with Crippen LogP contribution in [0.3, 0.4) is 0 Å². The van der Waals surface area contributed by atoms with E-state index < -0.39 is 0 Å². The SMILES string of the molecule is CC1=C(c2c(C)cc(C)cc2C)c2cc3[nH]c(cc4nc(cc5[nH]c(cc1n2)c(-c1c(C)cc(C)cc1C)c5CO)C(c1c(C)cc(C)cc1C)=C4C)c(-c1c(C)cc(C)cc1C)c3C. The number of H-pyrrole nitrogens is 2. The number of nitrogens with zero attached hydrogens (tertiary/aromatic N) is 2. The van der Waals surface area contributed by atoms with E-state index in [2.05, 4.69) is 187 Å². The van der Waals surface area contributed by atoms with Crippen LogP contribution >= 0.6 is 0 Å². The quantitative estimate of drug-likeness (QED) is 0.161. The van der Waals surface area contributed by atoms with Gasteiger partial charge in [-0.1, -0.05) is 70.8 Å². The summed E-state index contributed by atoms with van der Waals surface area (Å²) in [5.41, 5.74) is 35.3. The van der Waals surface area contributed by atoms with Crippen LogP contribution in [0.2, 0.25) is 0 Å². The fourth-order valence-corrected chi connectivity index (χ4v) is 11.6. The van der Waals surface area contributed by atoms with Crippen molar-refractivity contribution in [3.8, 4) is 22.3 Å². The van der Waals surface area contributed by atoms with Crippen LogP contribution in [0.1, 0.15) is 126 Å². The second kappa shape index (κ2) is 16.2. The van der Waals surface area contributed by atoms with Gasteiger partial charge in [-0.3, -0.25) is 0 Å². The minimum Gasteiger partial charge on any atom is -0.392 e. The molecule has 7 aromatic rings. The predicted octanol–water partition coefficient (Wildman–Crippen LogP) is 15.1. The molecular weight excluding hydrogens is 793 g/mol. The molecule has 0 spiro atoms. The Kier molecular flexibility index (Phi) is 10.9. The van der Waals surface area contributed by atoms with Crippen LogP contribution in [0, 0.1) is 90.0 Å². The number of aliphatic hydroxyl groups excluding tert-OH is 1. The summed E-state index contributed by atoms with van der Waals surface area (Å²) in [5, 5.41) is 11.6. The number of benzene rings is 4. The lowest BCUT2D eigenvalue weighted by molar-refractivity contribution is 0.284. The second-order valence-electron chi connectivity index (χ2n) is 19.4. The number of aliphatic hydroxyl groups is 1. The average molecular weight is 855 g/mol. The highest BCUT2D eigenvalue weighted by molar-refractivity contribution is 6.05. The molecule has 4 aromatic carbocycles. The summed E-state index contributed by atoms with van der Waals surface area (Å²) >= 11 is 0. The molecular formula is C60H62N4O. The minimum absolute atomic E-state index is 0.156. The Morgan fingerprint density at radius 1 is 0.338 bits per heavy atom. The summed E-state index contributed by atoms with van der Waals surface area (Å²) in [6, 6.07) is 27.1. The molecule has 0 saturated heterocycles. The Balaban J connectivity index is 1.52. The molecule has 0 saturated carbocycles. The average Bonchev–Trinajstić information content (AvgIpc) is 3.88. The first-order chi connectivity index (χ1) is 30.8. The first kappa shape index (κ1) is 43.7. The van der Waals surface area contributed by atoms with Crippen molar-refractivity contribution in [1.29, 1.82) is 0 Å². The van der Waals surface area contributed by atoms with Crippen molar-refractivity contribution in [1.82, 2.24) is 19.9 Å². The summed E-state index contributed by atoms with van der Waals surface area (Å²) in [6.07, 6.45) is 0. The van der Waals surface area contributed by atoms with Crippen molar-refractivity contribution in [3.63, 3.8) is 0 Å². The number of aromatic nitrogens is 4. The van der Waals surface area contributed by atoms with Crippen LogP contribution < -0.4 is 0 Å². The number of allylic oxidation sites excluding steroid dienone is 2. The van der Waals surface area contributed by atoms with E-state index in [9.17, 15) is 5.11 Å². The highest BCUT2D eigenvalue weighted by Gasteiger charge is 2.27. The molecule has 5 heterocycles. The maximum Gasteiger partial charge on any atom is 0.0739 e. The molecule has 9 rings (SSSR count). The smallest absolute Gasteiger partial charge is 0.0739 e. The Morgan fingerprint density at radius 3 is 1.03 bits per heavy atom. The van der Waals surface area contributed by atoms with E-state index in [1.54, 1.807) is 0 Å². The van der Waals surface area contributed by atoms with Crippen molar-refractivity contribution in [2.75, 3.05) is 0 Å². The van der Waals surface area contributed by atoms with Crippen molar-refractivity contribution >= 4 is 44.4 Å². The lowest BCUT2D eigenvalue weighted by Gasteiger charge is -2.14. The van der Waals surface area contributed by atoms with Crippen LogP contribution in [0.15, 0.2) is 72.8 Å². The zero-order valence-electron chi connectivity index (χ0n) is 41.0. The van der Waals surface area contributed by atoms with Gasteiger partial charge in [0.05, 0.1) is 29.4 Å². The number of nitrogens with one attached hydrogen (secondary N) is 2. The van der Waals surface area contributed by atoms with Crippen molar-refractivity contribution in [2.24, 2.45) is 0 Å². The van der Waals surface area contributed by atoms with Gasteiger partial charge in [0.25, 0.3) is 0 Å². The lowest BCUT2D eigenvalue weighted by Crippen LogP contribution is -1.96. The van der Waals surface area contributed by atoms with Gasteiger partial charge in [0, 0.05) is 49.9 Å². The third-order valence-electron chi connectivity index (χ3n) is 14.0. The first-order valence-electron chi connectivity index (χ1n) is 23.0. The Morgan fingerprint density at radius 2 is 0.646 bits per heavy atom. The summed E-state index contributed by atoms with van der Waals surface area (Å²) < 4.78 is 0. The number of hydrogen-bond acceptors (Lipinski definition) is 3. The van der Waals surface area contributed by atoms with E-state index in [-0.39, 0.29) is 6.61 Å². The van der Waals surface area contributed by atoms with Crippen molar-refractivity contribution in [3.05, 3.63) is 185 Å². The molecule has 2 aliphatic heterocycles. The highest BCUT2D eigenvalue weighted by Crippen LogP contribution is 2.45. The molecule has 0 aliphatic carbocycles. The van der Waals surface area contributed by atoms with Crippen LogP contribution in [-0.4, -0.2) is 25.0 Å². The third kappa shape index (κ3) is 7.31. The number of hydrogen-bond donors (Lipinski definition) is 3. The summed E-state index contributed by atoms with van der Waals surface area (Å²) in [4.78, 5) is 19.0. The maximum atomic E-state index is 11.6. The molecule has 5 nitrogen and oxygen atoms in total. The Hall–Kier alpha value is -6.56. The molecule has 65 heavy (non-hydrogen) atoms. The van der Waals surface area contributed by atoms with Gasteiger partial charge in [0.2, 0.25) is 0 Å². The van der Waals surface area contributed by atoms with E-state index in [4.69, 9.17) is 9.97 Å². The molecule has 3 aromatic heterocycles. The van der Waals surface area contributed by atoms with Gasteiger partial charge in [0.1, 0.15) is 0 Å². The number of rotatable bonds is 5. The van der Waals surface area contributed by atoms with Gasteiger partial charge >= 0.3 is 0 Å². The normalized spacial score (nSPS) is 12.9. The number of aromatic amines is 2. The molecule has 5 heteroatoms. The largest absolute Gasteiger partial charge is 0.392 e. The van der Waals surface area contributed by atoms with Gasteiger partial charge in [-0.05, 0) is 212 Å². The first-order valence-corrected chi connectivity index (χ1v) is 23.0.